The topological polar surface area (TPSA) is 49.3 Å². The third-order valence-corrected chi connectivity index (χ3v) is 4.59. The smallest absolute Gasteiger partial charge is 0.274 e. The summed E-state index contributed by atoms with van der Waals surface area (Å²) in [5, 5.41) is 8.49. The monoisotopic (exact) mass is 324 g/mol. The van der Waals surface area contributed by atoms with Gasteiger partial charge in [0.1, 0.15) is 0 Å². The van der Waals surface area contributed by atoms with Crippen molar-refractivity contribution in [3.63, 3.8) is 0 Å². The van der Waals surface area contributed by atoms with Crippen molar-refractivity contribution in [1.82, 2.24) is 20.0 Å². The second-order valence-electron chi connectivity index (χ2n) is 6.55. The molecule has 0 radical (unpaired) electrons. The van der Waals surface area contributed by atoms with Crippen LogP contribution in [0, 0.1) is 6.92 Å². The molecule has 0 unspecified atom stereocenters. The third-order valence-electron chi connectivity index (χ3n) is 4.59. The van der Waals surface area contributed by atoms with Crippen LogP contribution in [0.3, 0.4) is 0 Å². The predicted octanol–water partition coefficient (Wildman–Crippen LogP) is 2.62. The van der Waals surface area contributed by atoms with Crippen LogP contribution in [0.4, 0.5) is 0 Å². The van der Waals surface area contributed by atoms with Gasteiger partial charge in [-0.1, -0.05) is 30.3 Å². The van der Waals surface area contributed by atoms with Gasteiger partial charge in [0.25, 0.3) is 5.91 Å². The highest BCUT2D eigenvalue weighted by Gasteiger charge is 2.25. The molecule has 1 aliphatic heterocycles. The lowest BCUT2D eigenvalue weighted by Crippen LogP contribution is -2.51. The molecule has 0 atom stereocenters. The zero-order valence-corrected chi connectivity index (χ0v) is 14.6. The largest absolute Gasteiger partial charge is 0.335 e. The predicted molar refractivity (Wildman–Crippen MR) is 94.8 cm³/mol. The van der Waals surface area contributed by atoms with E-state index >= 15 is 0 Å². The summed E-state index contributed by atoms with van der Waals surface area (Å²) in [5.74, 6) is -0.0111. The minimum absolute atomic E-state index is 0.0111. The van der Waals surface area contributed by atoms with E-state index in [1.165, 1.54) is 0 Å². The van der Waals surface area contributed by atoms with Crippen LogP contribution in [0.15, 0.2) is 36.4 Å². The molecule has 24 heavy (non-hydrogen) atoms. The van der Waals surface area contributed by atoms with Crippen LogP contribution in [0.25, 0.3) is 11.3 Å². The molecule has 3 rings (SSSR count). The third kappa shape index (κ3) is 3.46. The number of benzene rings is 1. The van der Waals surface area contributed by atoms with Gasteiger partial charge in [0.2, 0.25) is 0 Å². The Balaban J connectivity index is 1.74. The van der Waals surface area contributed by atoms with E-state index in [9.17, 15) is 4.79 Å². The van der Waals surface area contributed by atoms with Crippen molar-refractivity contribution in [1.29, 1.82) is 0 Å². The molecule has 0 N–H and O–H groups in total. The number of carbonyl (C=O) groups is 1. The summed E-state index contributed by atoms with van der Waals surface area (Å²) in [6.07, 6.45) is 0. The second-order valence-corrected chi connectivity index (χ2v) is 6.55. The summed E-state index contributed by atoms with van der Waals surface area (Å²) in [6.45, 7) is 9.64. The van der Waals surface area contributed by atoms with E-state index in [2.05, 4.69) is 28.9 Å². The number of hydrogen-bond donors (Lipinski definition) is 0. The van der Waals surface area contributed by atoms with E-state index in [4.69, 9.17) is 0 Å². The van der Waals surface area contributed by atoms with Crippen LogP contribution in [0.1, 0.15) is 29.9 Å². The molecule has 2 heterocycles. The first kappa shape index (κ1) is 16.6. The molecular weight excluding hydrogens is 300 g/mol. The quantitative estimate of drug-likeness (QED) is 0.871. The van der Waals surface area contributed by atoms with Crippen molar-refractivity contribution >= 4 is 5.91 Å². The summed E-state index contributed by atoms with van der Waals surface area (Å²) in [4.78, 5) is 17.0. The lowest BCUT2D eigenvalue weighted by molar-refractivity contribution is 0.0588. The maximum atomic E-state index is 12.7. The Morgan fingerprint density at radius 1 is 1.04 bits per heavy atom. The van der Waals surface area contributed by atoms with Gasteiger partial charge < -0.3 is 4.90 Å². The Labute approximate surface area is 143 Å². The first-order valence-electron chi connectivity index (χ1n) is 8.49. The summed E-state index contributed by atoms with van der Waals surface area (Å²) < 4.78 is 0. The first-order chi connectivity index (χ1) is 11.6. The number of aromatic nitrogens is 2. The Hall–Kier alpha value is -2.27. The van der Waals surface area contributed by atoms with Crippen molar-refractivity contribution in [2.75, 3.05) is 26.2 Å². The molecule has 5 heteroatoms. The van der Waals surface area contributed by atoms with Crippen molar-refractivity contribution in [2.24, 2.45) is 0 Å². The van der Waals surface area contributed by atoms with E-state index in [1.807, 2.05) is 48.2 Å². The van der Waals surface area contributed by atoms with Gasteiger partial charge in [0.05, 0.1) is 5.69 Å². The molecule has 0 saturated carbocycles. The van der Waals surface area contributed by atoms with Crippen LogP contribution >= 0.6 is 0 Å². The normalized spacial score (nSPS) is 15.8. The lowest BCUT2D eigenvalue weighted by Gasteiger charge is -2.36. The molecule has 1 aromatic carbocycles. The van der Waals surface area contributed by atoms with Gasteiger partial charge in [0.15, 0.2) is 5.69 Å². The zero-order chi connectivity index (χ0) is 17.1. The van der Waals surface area contributed by atoms with E-state index in [0.717, 1.165) is 43.0 Å². The standard InChI is InChI=1S/C19H24N4O/c1-14(2)22-9-11-23(12-10-22)19(24)18-15(3)13-17(20-21-18)16-7-5-4-6-8-16/h4-8,13-14H,9-12H2,1-3H3. The van der Waals surface area contributed by atoms with Crippen LogP contribution in [-0.4, -0.2) is 58.1 Å². The number of rotatable bonds is 3. The summed E-state index contributed by atoms with van der Waals surface area (Å²) >= 11 is 0. The highest BCUT2D eigenvalue weighted by molar-refractivity contribution is 5.93. The SMILES string of the molecule is Cc1cc(-c2ccccc2)nnc1C(=O)N1CCN(C(C)C)CC1. The second kappa shape index (κ2) is 7.09. The van der Waals surface area contributed by atoms with Crippen molar-refractivity contribution < 1.29 is 4.79 Å². The minimum Gasteiger partial charge on any atom is -0.335 e. The van der Waals surface area contributed by atoms with Crippen LogP contribution in [0.2, 0.25) is 0 Å². The highest BCUT2D eigenvalue weighted by Crippen LogP contribution is 2.19. The van der Waals surface area contributed by atoms with Gasteiger partial charge in [-0.25, -0.2) is 0 Å². The Kier molecular flexibility index (Phi) is 4.90. The Morgan fingerprint density at radius 3 is 2.29 bits per heavy atom. The Bertz CT molecular complexity index is 707. The molecule has 2 aromatic rings. The van der Waals surface area contributed by atoms with Gasteiger partial charge in [0, 0.05) is 37.8 Å². The lowest BCUT2D eigenvalue weighted by atomic mass is 10.1. The van der Waals surface area contributed by atoms with E-state index in [0.29, 0.717) is 11.7 Å². The molecule has 0 aliphatic carbocycles. The fraction of sp³-hybridized carbons (Fsp3) is 0.421. The van der Waals surface area contributed by atoms with E-state index in [-0.39, 0.29) is 5.91 Å². The number of carbonyl (C=O) groups excluding carboxylic acids is 1. The van der Waals surface area contributed by atoms with Gasteiger partial charge in [-0.3, -0.25) is 9.69 Å². The molecule has 5 nitrogen and oxygen atoms in total. The summed E-state index contributed by atoms with van der Waals surface area (Å²) in [5.41, 5.74) is 3.15. The fourth-order valence-electron chi connectivity index (χ4n) is 3.04. The number of nitrogens with zero attached hydrogens (tertiary/aromatic N) is 4. The summed E-state index contributed by atoms with van der Waals surface area (Å²) in [6, 6.07) is 12.4. The molecule has 126 valence electrons. The molecule has 1 saturated heterocycles. The molecule has 1 fully saturated rings. The number of piperazine rings is 1. The molecule has 0 bridgehead atoms. The fourth-order valence-corrected chi connectivity index (χ4v) is 3.04. The van der Waals surface area contributed by atoms with Gasteiger partial charge in [-0.05, 0) is 32.4 Å². The minimum atomic E-state index is -0.0111. The van der Waals surface area contributed by atoms with Gasteiger partial charge >= 0.3 is 0 Å². The summed E-state index contributed by atoms with van der Waals surface area (Å²) in [7, 11) is 0. The molecule has 1 amide bonds. The van der Waals surface area contributed by atoms with Crippen molar-refractivity contribution in [3.05, 3.63) is 47.7 Å². The molecule has 0 spiro atoms. The van der Waals surface area contributed by atoms with Gasteiger partial charge in [-0.2, -0.15) is 0 Å². The molecular formula is C19H24N4O. The average Bonchev–Trinajstić information content (AvgIpc) is 2.62. The van der Waals surface area contributed by atoms with Gasteiger partial charge in [-0.15, -0.1) is 10.2 Å². The zero-order valence-electron chi connectivity index (χ0n) is 14.6. The molecule has 1 aromatic heterocycles. The van der Waals surface area contributed by atoms with Crippen LogP contribution in [0.5, 0.6) is 0 Å². The number of hydrogen-bond acceptors (Lipinski definition) is 4. The first-order valence-corrected chi connectivity index (χ1v) is 8.49. The van der Waals surface area contributed by atoms with E-state index < -0.39 is 0 Å². The molecule has 1 aliphatic rings. The van der Waals surface area contributed by atoms with Crippen molar-refractivity contribution in [3.8, 4) is 11.3 Å². The van der Waals surface area contributed by atoms with Crippen LogP contribution < -0.4 is 0 Å². The highest BCUT2D eigenvalue weighted by atomic mass is 16.2. The van der Waals surface area contributed by atoms with Crippen molar-refractivity contribution in [2.45, 2.75) is 26.8 Å². The average molecular weight is 324 g/mol. The number of aryl methyl sites for hydroxylation is 1. The number of amides is 1. The maximum absolute atomic E-state index is 12.7. The van der Waals surface area contributed by atoms with Crippen LogP contribution in [-0.2, 0) is 0 Å². The maximum Gasteiger partial charge on any atom is 0.274 e. The Morgan fingerprint density at radius 2 is 1.71 bits per heavy atom. The van der Waals surface area contributed by atoms with E-state index in [1.54, 1.807) is 0 Å².